The number of aromatic nitrogens is 2. The van der Waals surface area contributed by atoms with Gasteiger partial charge >= 0.3 is 28.3 Å². The van der Waals surface area contributed by atoms with Crippen LogP contribution in [0, 0.1) is 175 Å². The smallest absolute Gasteiger partial charge is 0.278 e. The molecule has 0 spiro atoms. The molecule has 0 amide bonds. The van der Waals surface area contributed by atoms with Crippen molar-refractivity contribution in [1.82, 2.24) is 10.2 Å². The van der Waals surface area contributed by atoms with Crippen LogP contribution in [-0.4, -0.2) is 38.5 Å². The van der Waals surface area contributed by atoms with E-state index in [1.807, 2.05) is 24.3 Å². The number of aromatic amines is 1. The van der Waals surface area contributed by atoms with E-state index in [1.54, 1.807) is 6.20 Å². The Labute approximate surface area is 412 Å². The van der Waals surface area contributed by atoms with Crippen molar-refractivity contribution in [2.45, 2.75) is 0 Å². The predicted molar refractivity (Wildman–Crippen MR) is 202 cm³/mol. The molecule has 1 heterocycles. The quantitative estimate of drug-likeness (QED) is 0.0765. The largest absolute Gasteiger partial charge is 0.413 e. The summed E-state index contributed by atoms with van der Waals surface area (Å²) in [7, 11) is 0. The highest BCUT2D eigenvalue weighted by Crippen LogP contribution is 2.27. The van der Waals surface area contributed by atoms with Gasteiger partial charge in [-0.2, -0.15) is 5.10 Å². The Morgan fingerprint density at radius 1 is 0.221 bits per heavy atom. The van der Waals surface area contributed by atoms with Crippen molar-refractivity contribution >= 4 is 54.8 Å². The number of nitrogens with zero attached hydrogens (tertiary/aromatic N) is 1. The zero-order valence-corrected chi connectivity index (χ0v) is 37.6. The molecule has 404 valence electrons. The summed E-state index contributed by atoms with van der Waals surface area (Å²) in [5, 5.41) is 6.74. The normalized spacial score (nSPS) is 11.2. The minimum absolute atomic E-state index is 1.09. The Balaban J connectivity index is 0.000000213. The molecule has 0 atom stereocenters. The van der Waals surface area contributed by atoms with E-state index in [2.05, 4.69) is 10.2 Å². The predicted octanol–water partition coefficient (Wildman–Crippen LogP) is 10.1. The van der Waals surface area contributed by atoms with Gasteiger partial charge in [0.2, 0.25) is 0 Å². The second-order valence-electron chi connectivity index (χ2n) is 14.7. The molecule has 0 unspecified atom stereocenters. The molecule has 8 rings (SSSR count). The average molecular weight is 1170 g/mol. The minimum Gasteiger partial charge on any atom is -0.278 e. The number of fused-ring (bicyclic) bond motifs is 1. The lowest BCUT2D eigenvalue weighted by atomic mass is 10.3. The van der Waals surface area contributed by atoms with E-state index in [-0.39, 0.29) is 0 Å². The number of nitrogens with one attached hydrogen (secondary N) is 1. The van der Waals surface area contributed by atoms with E-state index < -0.39 is 229 Å². The van der Waals surface area contributed by atoms with E-state index in [4.69, 9.17) is 0 Å². The van der Waals surface area contributed by atoms with Gasteiger partial charge in [0.05, 0.1) is 5.69 Å². The van der Waals surface area contributed by atoms with Gasteiger partial charge in [0, 0.05) is 11.8 Å². The second kappa shape index (κ2) is 22.1. The van der Waals surface area contributed by atoms with Gasteiger partial charge in [-0.25, -0.2) is 132 Å². The summed E-state index contributed by atoms with van der Waals surface area (Å²) in [6.45, 7) is 0. The Morgan fingerprint density at radius 3 is 0.558 bits per heavy atom. The van der Waals surface area contributed by atoms with Crippen LogP contribution in [0.2, 0.25) is 0 Å². The van der Waals surface area contributed by atoms with Crippen LogP contribution in [-0.2, 0) is 0 Å². The van der Waals surface area contributed by atoms with Crippen LogP contribution >= 0.6 is 0 Å². The molecule has 6 aromatic rings. The fraction of sp³-hybridized carbons (Fsp3) is 0. The van der Waals surface area contributed by atoms with Crippen molar-refractivity contribution in [2.75, 3.05) is 0 Å². The zero-order chi connectivity index (χ0) is 58.0. The average Bonchev–Trinajstić information content (AvgIpc) is 3.90. The summed E-state index contributed by atoms with van der Waals surface area (Å²) in [5.74, 6) is -89.2. The molecular weight excluding hydrogens is 1170 g/mol. The summed E-state index contributed by atoms with van der Waals surface area (Å²) in [6, 6.07) is 8.03. The Morgan fingerprint density at radius 2 is 0.390 bits per heavy atom. The minimum atomic E-state index is -5.96. The zero-order valence-electron chi connectivity index (χ0n) is 35.3. The fourth-order valence-electron chi connectivity index (χ4n) is 7.02. The molecule has 34 heteroatoms. The van der Waals surface area contributed by atoms with Crippen molar-refractivity contribution in [3.05, 3.63) is 205 Å². The number of rotatable bonds is 6. The first-order valence-electron chi connectivity index (χ1n) is 19.2. The van der Waals surface area contributed by atoms with Gasteiger partial charge in [-0.3, -0.25) is 5.10 Å². The fourth-order valence-corrected chi connectivity index (χ4v) is 13.3. The van der Waals surface area contributed by atoms with Gasteiger partial charge in [-0.1, -0.05) is 12.1 Å². The highest BCUT2D eigenvalue weighted by atomic mass is 27.2. The summed E-state index contributed by atoms with van der Waals surface area (Å²) >= 11 is -11.9. The van der Waals surface area contributed by atoms with Gasteiger partial charge < -0.3 is 0 Å². The molecule has 1 aliphatic heterocycles. The number of hydrogen-bond donors (Lipinski definition) is 1. The lowest BCUT2D eigenvalue weighted by Gasteiger charge is -2.20. The van der Waals surface area contributed by atoms with E-state index in [9.17, 15) is 132 Å². The van der Waals surface area contributed by atoms with E-state index in [1.165, 1.54) is 5.56 Å². The molecule has 1 aliphatic carbocycles. The highest BCUT2D eigenvalue weighted by Gasteiger charge is 2.49. The third-order valence-corrected chi connectivity index (χ3v) is 17.1. The second-order valence-corrected chi connectivity index (χ2v) is 19.9. The summed E-state index contributed by atoms with van der Waals surface area (Å²) < 4.78 is 403. The van der Waals surface area contributed by atoms with Gasteiger partial charge in [0.25, 0.3) is 0 Å². The maximum Gasteiger partial charge on any atom is 0.413 e. The lowest BCUT2D eigenvalue weighted by molar-refractivity contribution is 0.380. The highest BCUT2D eigenvalue weighted by molar-refractivity contribution is 6.96. The third kappa shape index (κ3) is 9.77. The van der Waals surface area contributed by atoms with Crippen molar-refractivity contribution in [1.29, 1.82) is 0 Å². The Hall–Kier alpha value is -7.03. The topological polar surface area (TPSA) is 28.7 Å². The number of halogens is 30. The Kier molecular flexibility index (Phi) is 17.0. The van der Waals surface area contributed by atoms with Crippen LogP contribution in [0.5, 0.6) is 0 Å². The van der Waals surface area contributed by atoms with Crippen LogP contribution in [0.3, 0.4) is 0 Å². The maximum absolute atomic E-state index is 14.4. The molecule has 1 N–H and O–H groups in total. The third-order valence-electron chi connectivity index (χ3n) is 10.6. The SMILES string of the molecule is Fc1c(F)c(F)[c]([Al]([c]2c(F)c(F)c(F)c(F)c2F)[c]2c(F)c(F)c(F)c(F)c2F)c(F)c1F.Fc1c(F)c(F)[c]([Al]([c]2c(F)c(F)c(F)c(F)c2F)[c]2c(F)c(F)c(F)c(F)c2F)c(F)c1F.c1cc2ccn[nH]c-2c1. The molecule has 77 heavy (non-hydrogen) atoms. The molecule has 6 aromatic carbocycles. The molecule has 0 aromatic heterocycles. The van der Waals surface area contributed by atoms with Crippen molar-refractivity contribution in [2.24, 2.45) is 0 Å². The number of benzene rings is 6. The Bertz CT molecular complexity index is 2960. The first kappa shape index (κ1) is 59.2. The lowest BCUT2D eigenvalue weighted by Crippen LogP contribution is -2.60. The van der Waals surface area contributed by atoms with Gasteiger partial charge in [0.15, 0.2) is 175 Å². The molecule has 2 aliphatic rings. The van der Waals surface area contributed by atoms with Crippen molar-refractivity contribution < 1.29 is 132 Å². The molecule has 0 bridgehead atoms. The van der Waals surface area contributed by atoms with Crippen LogP contribution in [0.15, 0.2) is 30.5 Å². The molecule has 2 nitrogen and oxygen atoms in total. The van der Waals surface area contributed by atoms with E-state index in [0.29, 0.717) is 0 Å². The monoisotopic (exact) mass is 1170 g/mol. The number of H-pyrrole nitrogens is 1. The molecule has 0 saturated carbocycles. The maximum atomic E-state index is 14.4. The standard InChI is InChI=1S/C7H6N2.6C6F5.2Al/c1-2-6-4-5-8-9-7(6)3-1;6*7-2-1-3(8)5(10)6(11)4(2)9;;/h1-5,9H;;;;;;;;. The first-order chi connectivity index (χ1) is 35.8. The molecule has 0 saturated heterocycles. The van der Waals surface area contributed by atoms with Crippen LogP contribution in [0.1, 0.15) is 0 Å². The van der Waals surface area contributed by atoms with Crippen LogP contribution in [0.4, 0.5) is 132 Å². The summed E-state index contributed by atoms with van der Waals surface area (Å²) in [5.41, 5.74) is 2.31. The van der Waals surface area contributed by atoms with Crippen LogP contribution < -0.4 is 26.6 Å². The van der Waals surface area contributed by atoms with Gasteiger partial charge in [0.1, 0.15) is 0 Å². The van der Waals surface area contributed by atoms with Crippen molar-refractivity contribution in [3.8, 4) is 11.3 Å². The van der Waals surface area contributed by atoms with Crippen LogP contribution in [0.25, 0.3) is 11.3 Å². The van der Waals surface area contributed by atoms with E-state index >= 15 is 0 Å². The summed E-state index contributed by atoms with van der Waals surface area (Å²) in [6.07, 6.45) is 1.75. The molecular formula is C43H6Al2F30N2. The van der Waals surface area contributed by atoms with Gasteiger partial charge in [-0.15, -0.1) is 0 Å². The summed E-state index contributed by atoms with van der Waals surface area (Å²) in [4.78, 5) is 0. The molecule has 0 radical (unpaired) electrons. The molecule has 0 fully saturated rings. The van der Waals surface area contributed by atoms with Gasteiger partial charge in [-0.05, 0) is 38.7 Å². The number of hydrogen-bond acceptors (Lipinski definition) is 1. The van der Waals surface area contributed by atoms with E-state index in [0.717, 1.165) is 5.69 Å². The van der Waals surface area contributed by atoms with Crippen molar-refractivity contribution in [3.63, 3.8) is 0 Å². The first-order valence-corrected chi connectivity index (χ1v) is 22.7.